The van der Waals surface area contributed by atoms with Crippen molar-refractivity contribution in [3.8, 4) is 6.07 Å². The van der Waals surface area contributed by atoms with Gasteiger partial charge in [-0.3, -0.25) is 4.79 Å². The topological polar surface area (TPSA) is 88.9 Å². The fourth-order valence-corrected chi connectivity index (χ4v) is 5.11. The summed E-state index contributed by atoms with van der Waals surface area (Å²) in [5, 5.41) is 12.5. The largest absolute Gasteiger partial charge is 0.378 e. The van der Waals surface area contributed by atoms with Crippen molar-refractivity contribution in [2.75, 3.05) is 52.5 Å². The maximum Gasteiger partial charge on any atom is 0.320 e. The third-order valence-electron chi connectivity index (χ3n) is 6.57. The molecule has 0 aromatic heterocycles. The molecule has 0 radical (unpaired) electrons. The van der Waals surface area contributed by atoms with Crippen LogP contribution in [0.1, 0.15) is 25.7 Å². The molecule has 0 spiro atoms. The second kappa shape index (κ2) is 8.03. The lowest BCUT2D eigenvalue weighted by Crippen LogP contribution is -2.48. The number of carbonyl (C=O) groups excluding carboxylic acids is 2. The van der Waals surface area contributed by atoms with E-state index in [9.17, 15) is 9.59 Å². The summed E-state index contributed by atoms with van der Waals surface area (Å²) in [5.41, 5.74) is 0. The molecule has 3 aliphatic heterocycles. The van der Waals surface area contributed by atoms with E-state index in [0.29, 0.717) is 57.3 Å². The first kappa shape index (κ1) is 18.5. The van der Waals surface area contributed by atoms with Gasteiger partial charge in [0.05, 0.1) is 25.8 Å². The molecule has 3 saturated heterocycles. The highest BCUT2D eigenvalue weighted by Gasteiger charge is 2.43. The smallest absolute Gasteiger partial charge is 0.320 e. The molecule has 3 amide bonds. The molecule has 0 bridgehead atoms. The molecule has 4 fully saturated rings. The number of nitrogens with zero attached hydrogens (tertiary/aromatic N) is 4. The van der Waals surface area contributed by atoms with Crippen molar-refractivity contribution in [3.05, 3.63) is 0 Å². The highest BCUT2D eigenvalue weighted by Crippen LogP contribution is 2.38. The number of hydrogen-bond acceptors (Lipinski definition) is 5. The highest BCUT2D eigenvalue weighted by molar-refractivity contribution is 5.79. The Morgan fingerprint density at radius 3 is 2.44 bits per heavy atom. The lowest BCUT2D eigenvalue weighted by Gasteiger charge is -2.31. The first-order valence-corrected chi connectivity index (χ1v) is 10.2. The minimum absolute atomic E-state index is 0.0419. The molecular weight excluding hydrogens is 346 g/mol. The van der Waals surface area contributed by atoms with Gasteiger partial charge in [0.1, 0.15) is 6.04 Å². The molecule has 0 aromatic carbocycles. The number of nitrogens with one attached hydrogen (secondary N) is 1. The fraction of sp³-hybridized carbons (Fsp3) is 0.842. The van der Waals surface area contributed by atoms with Gasteiger partial charge in [0.2, 0.25) is 5.91 Å². The van der Waals surface area contributed by atoms with Gasteiger partial charge in [-0.15, -0.1) is 0 Å². The zero-order valence-electron chi connectivity index (χ0n) is 15.8. The molecule has 1 N–H and O–H groups in total. The third kappa shape index (κ3) is 3.90. The van der Waals surface area contributed by atoms with Crippen molar-refractivity contribution in [1.82, 2.24) is 20.0 Å². The lowest BCUT2D eigenvalue weighted by molar-refractivity contribution is -0.130. The Balaban J connectivity index is 1.21. The number of carbonyl (C=O) groups is 2. The number of urea groups is 1. The number of morpholine rings is 1. The molecule has 4 rings (SSSR count). The Morgan fingerprint density at radius 2 is 1.78 bits per heavy atom. The molecule has 27 heavy (non-hydrogen) atoms. The van der Waals surface area contributed by atoms with E-state index in [4.69, 9.17) is 10.00 Å². The zero-order valence-corrected chi connectivity index (χ0v) is 15.8. The number of ether oxygens (including phenoxy) is 1. The second-order valence-corrected chi connectivity index (χ2v) is 8.23. The summed E-state index contributed by atoms with van der Waals surface area (Å²) in [4.78, 5) is 30.6. The molecule has 0 aromatic rings. The van der Waals surface area contributed by atoms with Crippen molar-refractivity contribution < 1.29 is 14.3 Å². The normalized spacial score (nSPS) is 33.2. The maximum absolute atomic E-state index is 12.6. The Labute approximate surface area is 160 Å². The summed E-state index contributed by atoms with van der Waals surface area (Å²) in [6, 6.07) is 2.47. The summed E-state index contributed by atoms with van der Waals surface area (Å²) >= 11 is 0. The summed E-state index contributed by atoms with van der Waals surface area (Å²) in [6.45, 7) is 5.33. The summed E-state index contributed by atoms with van der Waals surface area (Å²) < 4.78 is 5.33. The predicted octanol–water partition coefficient (Wildman–Crippen LogP) is 0.253. The van der Waals surface area contributed by atoms with Crippen molar-refractivity contribution in [2.45, 2.75) is 37.8 Å². The van der Waals surface area contributed by atoms with Crippen LogP contribution in [0.25, 0.3) is 0 Å². The molecule has 8 heteroatoms. The van der Waals surface area contributed by atoms with Gasteiger partial charge in [-0.1, -0.05) is 0 Å². The Hall–Kier alpha value is -1.85. The van der Waals surface area contributed by atoms with E-state index in [1.54, 1.807) is 4.90 Å². The highest BCUT2D eigenvalue weighted by atomic mass is 16.5. The van der Waals surface area contributed by atoms with E-state index >= 15 is 0 Å². The zero-order chi connectivity index (χ0) is 18.8. The number of fused-ring (bicyclic) bond motifs is 1. The summed E-state index contributed by atoms with van der Waals surface area (Å²) in [5.74, 6) is 1.10. The number of rotatable bonds is 3. The summed E-state index contributed by atoms with van der Waals surface area (Å²) in [6.07, 6.45) is 3.76. The quantitative estimate of drug-likeness (QED) is 0.764. The predicted molar refractivity (Wildman–Crippen MR) is 97.7 cm³/mol. The van der Waals surface area contributed by atoms with Gasteiger partial charge in [-0.25, -0.2) is 4.79 Å². The van der Waals surface area contributed by atoms with Crippen molar-refractivity contribution >= 4 is 11.9 Å². The van der Waals surface area contributed by atoms with Gasteiger partial charge in [0.15, 0.2) is 0 Å². The van der Waals surface area contributed by atoms with Gasteiger partial charge in [0, 0.05) is 38.8 Å². The van der Waals surface area contributed by atoms with Gasteiger partial charge in [-0.05, 0) is 37.5 Å². The Kier molecular flexibility index (Phi) is 5.50. The van der Waals surface area contributed by atoms with Crippen molar-refractivity contribution in [3.63, 3.8) is 0 Å². The van der Waals surface area contributed by atoms with Crippen LogP contribution in [-0.2, 0) is 9.53 Å². The monoisotopic (exact) mass is 375 g/mol. The SMILES string of the molecule is N#CC1CCCN1C(=O)CNC1C[C@@H]2CN(C(=O)N3CCOCC3)C[C@@H]2C1. The van der Waals surface area contributed by atoms with Gasteiger partial charge >= 0.3 is 6.03 Å². The first-order chi connectivity index (χ1) is 13.2. The van der Waals surface area contributed by atoms with Crippen LogP contribution >= 0.6 is 0 Å². The molecule has 1 aliphatic carbocycles. The average Bonchev–Trinajstić information content (AvgIpc) is 3.40. The van der Waals surface area contributed by atoms with Crippen LogP contribution in [0.3, 0.4) is 0 Å². The maximum atomic E-state index is 12.6. The van der Waals surface area contributed by atoms with Gasteiger partial charge < -0.3 is 24.8 Å². The van der Waals surface area contributed by atoms with Crippen LogP contribution in [0.5, 0.6) is 0 Å². The van der Waals surface area contributed by atoms with Crippen LogP contribution in [0.2, 0.25) is 0 Å². The minimum Gasteiger partial charge on any atom is -0.378 e. The van der Waals surface area contributed by atoms with E-state index in [1.807, 2.05) is 9.80 Å². The second-order valence-electron chi connectivity index (χ2n) is 8.23. The van der Waals surface area contributed by atoms with Gasteiger partial charge in [0.25, 0.3) is 0 Å². The van der Waals surface area contributed by atoms with Crippen LogP contribution in [0, 0.1) is 23.2 Å². The van der Waals surface area contributed by atoms with E-state index in [1.165, 1.54) is 0 Å². The Morgan fingerprint density at radius 1 is 1.07 bits per heavy atom. The van der Waals surface area contributed by atoms with E-state index < -0.39 is 0 Å². The third-order valence-corrected chi connectivity index (χ3v) is 6.57. The molecule has 2 unspecified atom stereocenters. The first-order valence-electron chi connectivity index (χ1n) is 10.2. The molecule has 148 valence electrons. The number of hydrogen-bond donors (Lipinski definition) is 1. The van der Waals surface area contributed by atoms with Crippen molar-refractivity contribution in [1.29, 1.82) is 5.26 Å². The molecule has 4 atom stereocenters. The van der Waals surface area contributed by atoms with E-state index in [0.717, 1.165) is 38.8 Å². The molecule has 4 aliphatic rings. The van der Waals surface area contributed by atoms with E-state index in [2.05, 4.69) is 11.4 Å². The summed E-state index contributed by atoms with van der Waals surface area (Å²) in [7, 11) is 0. The number of likely N-dealkylation sites (tertiary alicyclic amines) is 2. The molecular formula is C19H29N5O3. The Bertz CT molecular complexity index is 601. The van der Waals surface area contributed by atoms with Crippen LogP contribution < -0.4 is 5.32 Å². The minimum atomic E-state index is -0.248. The number of nitriles is 1. The fourth-order valence-electron chi connectivity index (χ4n) is 5.11. The van der Waals surface area contributed by atoms with Crippen LogP contribution in [-0.4, -0.2) is 91.2 Å². The molecule has 3 heterocycles. The molecule has 8 nitrogen and oxygen atoms in total. The van der Waals surface area contributed by atoms with Crippen molar-refractivity contribution in [2.24, 2.45) is 11.8 Å². The lowest BCUT2D eigenvalue weighted by atomic mass is 10.0. The van der Waals surface area contributed by atoms with Crippen LogP contribution in [0.4, 0.5) is 4.79 Å². The van der Waals surface area contributed by atoms with Crippen LogP contribution in [0.15, 0.2) is 0 Å². The molecule has 1 saturated carbocycles. The number of amides is 3. The standard InChI is InChI=1S/C19H29N5O3/c20-10-17-2-1-3-24(17)18(25)11-21-16-8-14-12-23(13-15(14)9-16)19(26)22-4-6-27-7-5-22/h14-17,21H,1-9,11-13H2/t14-,15+,16?,17?. The van der Waals surface area contributed by atoms with Gasteiger partial charge in [-0.2, -0.15) is 5.26 Å². The average molecular weight is 375 g/mol. The van der Waals surface area contributed by atoms with E-state index in [-0.39, 0.29) is 18.0 Å².